The van der Waals surface area contributed by atoms with Gasteiger partial charge in [0.25, 0.3) is 0 Å². The maximum Gasteiger partial charge on any atom is 0.306 e. The maximum absolute atomic E-state index is 12.8. The van der Waals surface area contributed by atoms with Crippen molar-refractivity contribution in [3.63, 3.8) is 0 Å². The molecular weight excluding hydrogens is 757 g/mol. The molecule has 0 aromatic heterocycles. The van der Waals surface area contributed by atoms with Gasteiger partial charge in [0.2, 0.25) is 0 Å². The van der Waals surface area contributed by atoms with Crippen LogP contribution in [0.4, 0.5) is 0 Å². The highest BCUT2D eigenvalue weighted by molar-refractivity contribution is 5.71. The zero-order chi connectivity index (χ0) is 44.4. The molecule has 0 aliphatic heterocycles. The van der Waals surface area contributed by atoms with Gasteiger partial charge >= 0.3 is 17.9 Å². The zero-order valence-corrected chi connectivity index (χ0v) is 39.9. The summed E-state index contributed by atoms with van der Waals surface area (Å²) in [5, 5.41) is 0. The van der Waals surface area contributed by atoms with E-state index in [9.17, 15) is 14.4 Å². The summed E-state index contributed by atoms with van der Waals surface area (Å²) in [5.41, 5.74) is 0. The van der Waals surface area contributed by atoms with Crippen molar-refractivity contribution >= 4 is 17.9 Å². The number of unbranched alkanes of at least 4 members (excludes halogenated alkanes) is 23. The molecule has 6 heteroatoms. The van der Waals surface area contributed by atoms with Crippen molar-refractivity contribution in [2.45, 2.75) is 245 Å². The van der Waals surface area contributed by atoms with E-state index in [4.69, 9.17) is 14.2 Å². The number of allylic oxidation sites excluding steroid dienone is 12. The Hall–Kier alpha value is -3.15. The lowest BCUT2D eigenvalue weighted by Crippen LogP contribution is -2.30. The first-order valence-electron chi connectivity index (χ1n) is 25.5. The average molecular weight is 851 g/mol. The lowest BCUT2D eigenvalue weighted by atomic mass is 10.1. The third-order valence-corrected chi connectivity index (χ3v) is 10.7. The van der Waals surface area contributed by atoms with Crippen molar-refractivity contribution in [2.75, 3.05) is 13.2 Å². The van der Waals surface area contributed by atoms with Crippen LogP contribution in [0.5, 0.6) is 0 Å². The van der Waals surface area contributed by atoms with Gasteiger partial charge in [-0.05, 0) is 96.3 Å². The molecule has 0 radical (unpaired) electrons. The summed E-state index contributed by atoms with van der Waals surface area (Å²) >= 11 is 0. The van der Waals surface area contributed by atoms with E-state index in [1.54, 1.807) is 0 Å². The monoisotopic (exact) mass is 851 g/mol. The van der Waals surface area contributed by atoms with Crippen LogP contribution in [0.1, 0.15) is 239 Å². The average Bonchev–Trinajstić information content (AvgIpc) is 3.26. The van der Waals surface area contributed by atoms with Gasteiger partial charge in [0.1, 0.15) is 13.2 Å². The minimum absolute atomic E-state index is 0.108. The number of rotatable bonds is 45. The van der Waals surface area contributed by atoms with Gasteiger partial charge in [0.05, 0.1) is 0 Å². The predicted octanol–water partition coefficient (Wildman–Crippen LogP) is 16.6. The lowest BCUT2D eigenvalue weighted by molar-refractivity contribution is -0.167. The van der Waals surface area contributed by atoms with E-state index in [1.807, 2.05) is 0 Å². The summed E-state index contributed by atoms with van der Waals surface area (Å²) < 4.78 is 16.7. The van der Waals surface area contributed by atoms with Crippen molar-refractivity contribution < 1.29 is 28.6 Å². The van der Waals surface area contributed by atoms with E-state index in [0.717, 1.165) is 89.9 Å². The molecule has 1 unspecified atom stereocenters. The molecule has 0 saturated heterocycles. The molecule has 6 nitrogen and oxygen atoms in total. The van der Waals surface area contributed by atoms with Crippen molar-refractivity contribution in [2.24, 2.45) is 0 Å². The Morgan fingerprint density at radius 1 is 0.344 bits per heavy atom. The minimum atomic E-state index is -0.812. The highest BCUT2D eigenvalue weighted by atomic mass is 16.6. The first-order chi connectivity index (χ1) is 30.0. The van der Waals surface area contributed by atoms with Gasteiger partial charge in [0.15, 0.2) is 6.10 Å². The second-order valence-electron chi connectivity index (χ2n) is 16.7. The Morgan fingerprint density at radius 2 is 0.672 bits per heavy atom. The van der Waals surface area contributed by atoms with Crippen LogP contribution in [0.3, 0.4) is 0 Å². The van der Waals surface area contributed by atoms with Crippen LogP contribution >= 0.6 is 0 Å². The van der Waals surface area contributed by atoms with E-state index in [-0.39, 0.29) is 44.0 Å². The first kappa shape index (κ1) is 57.9. The number of hydrogen-bond donors (Lipinski definition) is 0. The molecule has 0 aromatic carbocycles. The number of esters is 3. The molecule has 0 N–H and O–H groups in total. The first-order valence-corrected chi connectivity index (χ1v) is 25.5. The summed E-state index contributed by atoms with van der Waals surface area (Å²) in [5.74, 6) is -1.00. The Bertz CT molecular complexity index is 1160. The molecule has 0 aliphatic carbocycles. The topological polar surface area (TPSA) is 78.9 Å². The van der Waals surface area contributed by atoms with E-state index < -0.39 is 6.10 Å². The minimum Gasteiger partial charge on any atom is -0.462 e. The number of carbonyl (C=O) groups is 3. The van der Waals surface area contributed by atoms with E-state index >= 15 is 0 Å². The summed E-state index contributed by atoms with van der Waals surface area (Å²) in [4.78, 5) is 37.8. The summed E-state index contributed by atoms with van der Waals surface area (Å²) in [6.07, 6.45) is 61.8. The molecule has 0 heterocycles. The highest BCUT2D eigenvalue weighted by Crippen LogP contribution is 2.12. The SMILES string of the molecule is CCCC/C=C\CCCCCCC(=O)OCC(COC(=O)CCC/C=C\C/C=C\C/C=C\CCCCCCCC)OC(=O)CCCCC/C=C\C=C/CCCCCCCCC. The second kappa shape index (κ2) is 49.5. The Balaban J connectivity index is 4.49. The Labute approximate surface area is 376 Å². The van der Waals surface area contributed by atoms with Crippen molar-refractivity contribution in [1.29, 1.82) is 0 Å². The molecule has 0 spiro atoms. The third kappa shape index (κ3) is 47.7. The van der Waals surface area contributed by atoms with Gasteiger partial charge in [-0.25, -0.2) is 0 Å². The van der Waals surface area contributed by atoms with Gasteiger partial charge in [0, 0.05) is 19.3 Å². The fourth-order valence-corrected chi connectivity index (χ4v) is 6.78. The van der Waals surface area contributed by atoms with E-state index in [0.29, 0.717) is 12.8 Å². The lowest BCUT2D eigenvalue weighted by Gasteiger charge is -2.18. The van der Waals surface area contributed by atoms with Crippen molar-refractivity contribution in [3.8, 4) is 0 Å². The highest BCUT2D eigenvalue weighted by Gasteiger charge is 2.19. The Morgan fingerprint density at radius 3 is 1.16 bits per heavy atom. The van der Waals surface area contributed by atoms with E-state index in [2.05, 4.69) is 93.7 Å². The van der Waals surface area contributed by atoms with Gasteiger partial charge in [-0.2, -0.15) is 0 Å². The van der Waals surface area contributed by atoms with Crippen LogP contribution in [0, 0.1) is 0 Å². The van der Waals surface area contributed by atoms with Crippen LogP contribution in [0.15, 0.2) is 72.9 Å². The number of ether oxygens (including phenoxy) is 3. The molecule has 0 saturated carbocycles. The van der Waals surface area contributed by atoms with Crippen LogP contribution < -0.4 is 0 Å². The fraction of sp³-hybridized carbons (Fsp3) is 0.727. The molecule has 0 aromatic rings. The standard InChI is InChI=1S/C55H94O6/c1-4-7-10-13-16-19-22-24-26-28-30-31-33-36-39-42-45-48-54(57)60-51-52(50-59-53(56)47-44-41-38-35-21-18-15-12-9-6-3)61-55(58)49-46-43-40-37-34-32-29-27-25-23-20-17-14-11-8-5-2/h15,18,24,26-27,29-32,34,36,39,52H,4-14,16-17,19-23,25,28,33,35,37-38,40-51H2,1-3H3/b18-15-,26-24-,29-27-,31-30-,34-32-,39-36-. The molecule has 0 bridgehead atoms. The van der Waals surface area contributed by atoms with Crippen LogP contribution in [-0.2, 0) is 28.6 Å². The Kier molecular flexibility index (Phi) is 46.9. The molecule has 0 rings (SSSR count). The maximum atomic E-state index is 12.8. The second-order valence-corrected chi connectivity index (χ2v) is 16.7. The number of carbonyl (C=O) groups excluding carboxylic acids is 3. The summed E-state index contributed by atoms with van der Waals surface area (Å²) in [6.45, 7) is 6.50. The van der Waals surface area contributed by atoms with E-state index in [1.165, 1.54) is 103 Å². The van der Waals surface area contributed by atoms with Crippen LogP contribution in [-0.4, -0.2) is 37.2 Å². The van der Waals surface area contributed by atoms with Gasteiger partial charge in [-0.1, -0.05) is 196 Å². The van der Waals surface area contributed by atoms with Gasteiger partial charge in [-0.15, -0.1) is 0 Å². The van der Waals surface area contributed by atoms with Crippen LogP contribution in [0.25, 0.3) is 0 Å². The molecule has 0 aliphatic rings. The summed E-state index contributed by atoms with van der Waals surface area (Å²) in [6, 6.07) is 0. The van der Waals surface area contributed by atoms with Crippen molar-refractivity contribution in [1.82, 2.24) is 0 Å². The molecular formula is C55H94O6. The largest absolute Gasteiger partial charge is 0.462 e. The molecule has 1 atom stereocenters. The smallest absolute Gasteiger partial charge is 0.306 e. The molecule has 61 heavy (non-hydrogen) atoms. The van der Waals surface area contributed by atoms with Gasteiger partial charge < -0.3 is 14.2 Å². The third-order valence-electron chi connectivity index (χ3n) is 10.7. The predicted molar refractivity (Wildman–Crippen MR) is 261 cm³/mol. The van der Waals surface area contributed by atoms with Gasteiger partial charge in [-0.3, -0.25) is 14.4 Å². The number of hydrogen-bond acceptors (Lipinski definition) is 6. The summed E-state index contributed by atoms with van der Waals surface area (Å²) in [7, 11) is 0. The van der Waals surface area contributed by atoms with Crippen molar-refractivity contribution in [3.05, 3.63) is 72.9 Å². The molecule has 0 fully saturated rings. The fourth-order valence-electron chi connectivity index (χ4n) is 6.78. The normalized spacial score (nSPS) is 12.6. The molecule has 350 valence electrons. The zero-order valence-electron chi connectivity index (χ0n) is 39.9. The van der Waals surface area contributed by atoms with Crippen LogP contribution in [0.2, 0.25) is 0 Å². The molecule has 0 amide bonds. The quantitative estimate of drug-likeness (QED) is 0.0200.